The number of amides is 2. The fourth-order valence-corrected chi connectivity index (χ4v) is 2.37. The van der Waals surface area contributed by atoms with Gasteiger partial charge >= 0.3 is 6.03 Å². The molecule has 1 unspecified atom stereocenters. The van der Waals surface area contributed by atoms with Crippen molar-refractivity contribution in [1.29, 1.82) is 0 Å². The van der Waals surface area contributed by atoms with E-state index in [2.05, 4.69) is 15.6 Å². The van der Waals surface area contributed by atoms with Crippen LogP contribution in [0.15, 0.2) is 36.5 Å². The van der Waals surface area contributed by atoms with Crippen molar-refractivity contribution in [2.24, 2.45) is 0 Å². The van der Waals surface area contributed by atoms with Crippen LogP contribution in [0.4, 0.5) is 4.79 Å². The number of aryl methyl sites for hydroxylation is 1. The summed E-state index contributed by atoms with van der Waals surface area (Å²) in [6.45, 7) is 4.32. The number of nitrogens with zero attached hydrogens (tertiary/aromatic N) is 1. The first-order valence-corrected chi connectivity index (χ1v) is 7.71. The van der Waals surface area contributed by atoms with Crippen LogP contribution in [0.5, 0.6) is 11.6 Å². The van der Waals surface area contributed by atoms with E-state index in [0.717, 1.165) is 22.4 Å². The molecule has 0 spiro atoms. The van der Waals surface area contributed by atoms with Crippen LogP contribution >= 0.6 is 0 Å². The van der Waals surface area contributed by atoms with Crippen LogP contribution in [0.25, 0.3) is 0 Å². The molecule has 1 aromatic carbocycles. The summed E-state index contributed by atoms with van der Waals surface area (Å²) in [5.74, 6) is 1.28. The molecule has 0 fully saturated rings. The Labute approximate surface area is 142 Å². The summed E-state index contributed by atoms with van der Waals surface area (Å²) < 4.78 is 10.4. The first kappa shape index (κ1) is 17.6. The number of hydrogen-bond donors (Lipinski definition) is 2. The molecule has 128 valence electrons. The molecule has 0 aliphatic rings. The van der Waals surface area contributed by atoms with Gasteiger partial charge in [-0.25, -0.2) is 9.78 Å². The highest BCUT2D eigenvalue weighted by atomic mass is 16.5. The number of aromatic nitrogens is 1. The van der Waals surface area contributed by atoms with Gasteiger partial charge < -0.3 is 20.1 Å². The molecule has 0 bridgehead atoms. The van der Waals surface area contributed by atoms with Gasteiger partial charge in [0.2, 0.25) is 5.88 Å². The monoisotopic (exact) mass is 329 g/mol. The molecule has 1 aromatic heterocycles. The van der Waals surface area contributed by atoms with Crippen molar-refractivity contribution in [3.05, 3.63) is 53.2 Å². The van der Waals surface area contributed by atoms with Gasteiger partial charge in [-0.15, -0.1) is 0 Å². The van der Waals surface area contributed by atoms with Crippen LogP contribution < -0.4 is 20.1 Å². The van der Waals surface area contributed by atoms with Crippen LogP contribution in [0.2, 0.25) is 0 Å². The van der Waals surface area contributed by atoms with E-state index >= 15 is 0 Å². The molecule has 2 rings (SSSR count). The molecule has 2 amide bonds. The van der Waals surface area contributed by atoms with Gasteiger partial charge in [-0.05, 0) is 31.5 Å². The molecule has 6 heteroatoms. The Bertz CT molecular complexity index is 704. The van der Waals surface area contributed by atoms with Crippen LogP contribution in [-0.2, 0) is 6.54 Å². The number of ether oxygens (including phenoxy) is 2. The minimum atomic E-state index is -0.248. The van der Waals surface area contributed by atoms with Gasteiger partial charge in [0, 0.05) is 24.4 Å². The normalized spacial score (nSPS) is 11.5. The van der Waals surface area contributed by atoms with Gasteiger partial charge in [0.25, 0.3) is 0 Å². The van der Waals surface area contributed by atoms with Crippen molar-refractivity contribution >= 4 is 6.03 Å². The van der Waals surface area contributed by atoms with E-state index in [4.69, 9.17) is 9.47 Å². The molecule has 0 aliphatic heterocycles. The number of hydrogen-bond acceptors (Lipinski definition) is 4. The first-order valence-electron chi connectivity index (χ1n) is 7.71. The second-order valence-corrected chi connectivity index (χ2v) is 5.50. The predicted octanol–water partition coefficient (Wildman–Crippen LogP) is 2.97. The molecule has 1 heterocycles. The molecular weight excluding hydrogens is 306 g/mol. The third-order valence-electron chi connectivity index (χ3n) is 3.66. The Morgan fingerprint density at radius 3 is 2.71 bits per heavy atom. The molecular formula is C18H23N3O3. The average Bonchev–Trinajstić information content (AvgIpc) is 2.60. The van der Waals surface area contributed by atoms with Crippen molar-refractivity contribution in [2.45, 2.75) is 26.4 Å². The second kappa shape index (κ2) is 8.19. The lowest BCUT2D eigenvalue weighted by Gasteiger charge is -2.18. The van der Waals surface area contributed by atoms with Crippen molar-refractivity contribution in [3.8, 4) is 11.6 Å². The Balaban J connectivity index is 1.95. The molecule has 0 saturated heterocycles. The van der Waals surface area contributed by atoms with Gasteiger partial charge in [0.15, 0.2) is 0 Å². The highest BCUT2D eigenvalue weighted by molar-refractivity contribution is 5.74. The van der Waals surface area contributed by atoms with Crippen molar-refractivity contribution in [2.75, 3.05) is 14.2 Å². The molecule has 0 radical (unpaired) electrons. The van der Waals surface area contributed by atoms with Crippen LogP contribution in [0.1, 0.15) is 29.7 Å². The maximum atomic E-state index is 12.1. The maximum absolute atomic E-state index is 12.1. The molecule has 0 saturated carbocycles. The SMILES string of the molecule is COc1cc(CNC(=O)NC(C)c2cc(C)ccc2OC)ccn1. The maximum Gasteiger partial charge on any atom is 0.315 e. The van der Waals surface area contributed by atoms with Gasteiger partial charge in [-0.3, -0.25) is 0 Å². The Morgan fingerprint density at radius 1 is 1.21 bits per heavy atom. The smallest absolute Gasteiger partial charge is 0.315 e. The Hall–Kier alpha value is -2.76. The zero-order valence-electron chi connectivity index (χ0n) is 14.4. The van der Waals surface area contributed by atoms with Crippen LogP contribution in [0.3, 0.4) is 0 Å². The fraction of sp³-hybridized carbons (Fsp3) is 0.333. The second-order valence-electron chi connectivity index (χ2n) is 5.50. The summed E-state index contributed by atoms with van der Waals surface area (Å²) >= 11 is 0. The van der Waals surface area contributed by atoms with Gasteiger partial charge in [-0.1, -0.05) is 17.7 Å². The topological polar surface area (TPSA) is 72.5 Å². The van der Waals surface area contributed by atoms with E-state index in [0.29, 0.717) is 12.4 Å². The lowest BCUT2D eigenvalue weighted by atomic mass is 10.0. The highest BCUT2D eigenvalue weighted by Gasteiger charge is 2.14. The van der Waals surface area contributed by atoms with E-state index < -0.39 is 0 Å². The first-order chi connectivity index (χ1) is 11.5. The summed E-state index contributed by atoms with van der Waals surface area (Å²) in [5.41, 5.74) is 2.97. The molecule has 6 nitrogen and oxygen atoms in total. The van der Waals surface area contributed by atoms with Gasteiger partial charge in [0.1, 0.15) is 5.75 Å². The van der Waals surface area contributed by atoms with E-state index in [1.807, 2.05) is 38.1 Å². The number of benzene rings is 1. The quantitative estimate of drug-likeness (QED) is 0.854. The van der Waals surface area contributed by atoms with E-state index in [1.54, 1.807) is 26.5 Å². The number of carbonyl (C=O) groups is 1. The zero-order valence-corrected chi connectivity index (χ0v) is 14.4. The minimum absolute atomic E-state index is 0.174. The van der Waals surface area contributed by atoms with Crippen molar-refractivity contribution in [3.63, 3.8) is 0 Å². The third kappa shape index (κ3) is 4.62. The van der Waals surface area contributed by atoms with Gasteiger partial charge in [-0.2, -0.15) is 0 Å². The minimum Gasteiger partial charge on any atom is -0.496 e. The third-order valence-corrected chi connectivity index (χ3v) is 3.66. The molecule has 1 atom stereocenters. The number of carbonyl (C=O) groups excluding carboxylic acids is 1. The van der Waals surface area contributed by atoms with E-state index in [9.17, 15) is 4.79 Å². The molecule has 24 heavy (non-hydrogen) atoms. The van der Waals surface area contributed by atoms with Gasteiger partial charge in [0.05, 0.1) is 20.3 Å². The van der Waals surface area contributed by atoms with E-state index in [-0.39, 0.29) is 12.1 Å². The number of methoxy groups -OCH3 is 2. The zero-order chi connectivity index (χ0) is 17.5. The number of pyridine rings is 1. The Kier molecular flexibility index (Phi) is 6.01. The summed E-state index contributed by atoms with van der Waals surface area (Å²) in [6, 6.07) is 9.09. The molecule has 2 N–H and O–H groups in total. The number of nitrogens with one attached hydrogen (secondary N) is 2. The Morgan fingerprint density at radius 2 is 2.00 bits per heavy atom. The summed E-state index contributed by atoms with van der Waals surface area (Å²) in [5, 5.41) is 5.75. The van der Waals surface area contributed by atoms with Crippen molar-refractivity contribution in [1.82, 2.24) is 15.6 Å². The lowest BCUT2D eigenvalue weighted by molar-refractivity contribution is 0.237. The van der Waals surface area contributed by atoms with E-state index in [1.165, 1.54) is 0 Å². The predicted molar refractivity (Wildman–Crippen MR) is 92.3 cm³/mol. The summed E-state index contributed by atoms with van der Waals surface area (Å²) in [4.78, 5) is 16.2. The molecule has 0 aliphatic carbocycles. The highest BCUT2D eigenvalue weighted by Crippen LogP contribution is 2.25. The van der Waals surface area contributed by atoms with Crippen LogP contribution in [-0.4, -0.2) is 25.2 Å². The summed E-state index contributed by atoms with van der Waals surface area (Å²) in [6.07, 6.45) is 1.65. The lowest BCUT2D eigenvalue weighted by Crippen LogP contribution is -2.36. The number of rotatable bonds is 6. The van der Waals surface area contributed by atoms with Crippen molar-refractivity contribution < 1.29 is 14.3 Å². The largest absolute Gasteiger partial charge is 0.496 e. The standard InChI is InChI=1S/C18H23N3O3/c1-12-5-6-16(23-3)15(9-12)13(2)21-18(22)20-11-14-7-8-19-17(10-14)24-4/h5-10,13H,11H2,1-4H3,(H2,20,21,22). The average molecular weight is 329 g/mol. The molecule has 2 aromatic rings. The fourth-order valence-electron chi connectivity index (χ4n) is 2.37. The number of urea groups is 1. The summed E-state index contributed by atoms with van der Waals surface area (Å²) in [7, 11) is 3.18. The van der Waals surface area contributed by atoms with Crippen LogP contribution in [0, 0.1) is 6.92 Å².